The van der Waals surface area contributed by atoms with Gasteiger partial charge in [0, 0.05) is 18.2 Å². The topological polar surface area (TPSA) is 71.0 Å². The summed E-state index contributed by atoms with van der Waals surface area (Å²) in [5.74, 6) is 0. The number of nitrogens with zero attached hydrogens (tertiary/aromatic N) is 1. The molecule has 0 aliphatic heterocycles. The molecule has 1 aromatic heterocycles. The van der Waals surface area contributed by atoms with Gasteiger partial charge in [0.05, 0.1) is 11.5 Å². The third-order valence-electron chi connectivity index (χ3n) is 1.80. The number of aliphatic hydroxyl groups is 1. The third kappa shape index (κ3) is 2.71. The number of pyridine rings is 1. The van der Waals surface area contributed by atoms with E-state index in [1.165, 1.54) is 24.2 Å². The van der Waals surface area contributed by atoms with Gasteiger partial charge in [0.1, 0.15) is 0 Å². The van der Waals surface area contributed by atoms with Crippen molar-refractivity contribution in [2.75, 3.05) is 12.9 Å². The van der Waals surface area contributed by atoms with E-state index in [2.05, 4.69) is 0 Å². The summed E-state index contributed by atoms with van der Waals surface area (Å²) >= 11 is 1.46. The Labute approximate surface area is 86.7 Å². The summed E-state index contributed by atoms with van der Waals surface area (Å²) in [5, 5.41) is 27.0. The van der Waals surface area contributed by atoms with E-state index in [9.17, 15) is 5.21 Å². The minimum atomic E-state index is -0.236. The van der Waals surface area contributed by atoms with Gasteiger partial charge in [0.15, 0.2) is 12.4 Å². The highest BCUT2D eigenvalue weighted by molar-refractivity contribution is 7.98. The van der Waals surface area contributed by atoms with Crippen molar-refractivity contribution in [1.82, 2.24) is 0 Å². The van der Waals surface area contributed by atoms with Crippen LogP contribution in [-0.2, 0) is 6.42 Å². The molecule has 76 valence electrons. The quantitative estimate of drug-likeness (QED) is 0.332. The minimum Gasteiger partial charge on any atom is -0.619 e. The molecule has 0 atom stereocenters. The number of hydrogen-bond donors (Lipinski definition) is 2. The Bertz CT molecular complexity index is 342. The molecule has 0 bridgehead atoms. The summed E-state index contributed by atoms with van der Waals surface area (Å²) in [7, 11) is 0. The van der Waals surface area contributed by atoms with Gasteiger partial charge in [-0.25, -0.2) is 0 Å². The summed E-state index contributed by atoms with van der Waals surface area (Å²) in [6.07, 6.45) is 5.15. The molecule has 5 heteroatoms. The lowest BCUT2D eigenvalue weighted by molar-refractivity contribution is -0.607. The van der Waals surface area contributed by atoms with Gasteiger partial charge in [0.25, 0.3) is 0 Å². The highest BCUT2D eigenvalue weighted by Crippen LogP contribution is 2.18. The molecule has 2 N–H and O–H groups in total. The second-order valence-electron chi connectivity index (χ2n) is 2.84. The first-order valence-corrected chi connectivity index (χ1v) is 5.32. The van der Waals surface area contributed by atoms with Gasteiger partial charge < -0.3 is 15.7 Å². The van der Waals surface area contributed by atoms with E-state index in [0.29, 0.717) is 6.42 Å². The lowest BCUT2D eigenvalue weighted by atomic mass is 10.1. The van der Waals surface area contributed by atoms with Crippen molar-refractivity contribution in [2.24, 2.45) is 0 Å². The SMILES string of the molecule is CSc1c[n+]([O-])ccc1CC(=N)CO. The van der Waals surface area contributed by atoms with Crippen LogP contribution in [0.5, 0.6) is 0 Å². The molecule has 14 heavy (non-hydrogen) atoms. The van der Waals surface area contributed by atoms with Gasteiger partial charge in [-0.3, -0.25) is 0 Å². The molecule has 1 aromatic rings. The maximum absolute atomic E-state index is 11.0. The summed E-state index contributed by atoms with van der Waals surface area (Å²) in [6, 6.07) is 1.68. The molecule has 0 radical (unpaired) electrons. The van der Waals surface area contributed by atoms with E-state index in [-0.39, 0.29) is 12.3 Å². The van der Waals surface area contributed by atoms with E-state index in [4.69, 9.17) is 10.5 Å². The van der Waals surface area contributed by atoms with E-state index in [1.54, 1.807) is 6.07 Å². The Hall–Kier alpha value is -1.07. The largest absolute Gasteiger partial charge is 0.619 e. The molecular weight excluding hydrogens is 200 g/mol. The van der Waals surface area contributed by atoms with Gasteiger partial charge in [-0.2, -0.15) is 4.73 Å². The molecule has 1 heterocycles. The second-order valence-corrected chi connectivity index (χ2v) is 3.68. The van der Waals surface area contributed by atoms with Gasteiger partial charge in [-0.15, -0.1) is 11.8 Å². The molecule has 4 nitrogen and oxygen atoms in total. The molecule has 0 amide bonds. The van der Waals surface area contributed by atoms with Gasteiger partial charge in [-0.05, 0) is 11.8 Å². The van der Waals surface area contributed by atoms with Crippen LogP contribution in [-0.4, -0.2) is 23.7 Å². The van der Waals surface area contributed by atoms with Crippen molar-refractivity contribution in [1.29, 1.82) is 5.41 Å². The molecule has 0 unspecified atom stereocenters. The summed E-state index contributed by atoms with van der Waals surface area (Å²) in [4.78, 5) is 0.848. The number of thioether (sulfide) groups is 1. The maximum atomic E-state index is 11.0. The van der Waals surface area contributed by atoms with Crippen LogP contribution in [0.1, 0.15) is 5.56 Å². The van der Waals surface area contributed by atoms with Crippen molar-refractivity contribution in [3.8, 4) is 0 Å². The first-order valence-electron chi connectivity index (χ1n) is 4.10. The molecule has 0 aromatic carbocycles. The fourth-order valence-corrected chi connectivity index (χ4v) is 1.71. The smallest absolute Gasteiger partial charge is 0.194 e. The zero-order valence-electron chi connectivity index (χ0n) is 7.86. The number of hydrogen-bond acceptors (Lipinski definition) is 4. The molecule has 0 saturated heterocycles. The van der Waals surface area contributed by atoms with Crippen LogP contribution in [0, 0.1) is 10.6 Å². The molecule has 0 spiro atoms. The van der Waals surface area contributed by atoms with Crippen LogP contribution in [0.3, 0.4) is 0 Å². The maximum Gasteiger partial charge on any atom is 0.194 e. The van der Waals surface area contributed by atoms with E-state index in [0.717, 1.165) is 15.2 Å². The molecule has 1 rings (SSSR count). The second kappa shape index (κ2) is 4.97. The Balaban J connectivity index is 2.90. The number of nitrogens with one attached hydrogen (secondary N) is 1. The Morgan fingerprint density at radius 2 is 2.43 bits per heavy atom. The van der Waals surface area contributed by atoms with E-state index >= 15 is 0 Å². The van der Waals surface area contributed by atoms with Crippen molar-refractivity contribution in [3.63, 3.8) is 0 Å². The summed E-state index contributed by atoms with van der Waals surface area (Å²) in [5.41, 5.74) is 1.16. The lowest BCUT2D eigenvalue weighted by Gasteiger charge is -2.06. The summed E-state index contributed by atoms with van der Waals surface area (Å²) in [6.45, 7) is -0.236. The predicted molar refractivity (Wildman–Crippen MR) is 55.7 cm³/mol. The fraction of sp³-hybridized carbons (Fsp3) is 0.333. The van der Waals surface area contributed by atoms with Crippen molar-refractivity contribution in [2.45, 2.75) is 11.3 Å². The fourth-order valence-electron chi connectivity index (χ4n) is 1.10. The van der Waals surface area contributed by atoms with Crippen LogP contribution in [0.25, 0.3) is 0 Å². The molecule has 0 saturated carbocycles. The van der Waals surface area contributed by atoms with Gasteiger partial charge in [-0.1, -0.05) is 0 Å². The monoisotopic (exact) mass is 212 g/mol. The lowest BCUT2D eigenvalue weighted by Crippen LogP contribution is -2.25. The molecule has 0 aliphatic rings. The van der Waals surface area contributed by atoms with Crippen LogP contribution in [0.4, 0.5) is 0 Å². The minimum absolute atomic E-state index is 0.236. The van der Waals surface area contributed by atoms with Crippen LogP contribution in [0.15, 0.2) is 23.4 Å². The van der Waals surface area contributed by atoms with Crippen LogP contribution in [0.2, 0.25) is 0 Å². The normalized spacial score (nSPS) is 10.1. The number of rotatable bonds is 4. The Morgan fingerprint density at radius 1 is 1.71 bits per heavy atom. The highest BCUT2D eigenvalue weighted by atomic mass is 32.2. The van der Waals surface area contributed by atoms with Crippen molar-refractivity contribution < 1.29 is 9.84 Å². The van der Waals surface area contributed by atoms with E-state index < -0.39 is 0 Å². The first-order chi connectivity index (χ1) is 6.67. The molecular formula is C9H12N2O2S. The zero-order chi connectivity index (χ0) is 10.6. The predicted octanol–water partition coefficient (Wildman–Crippen LogP) is 0.596. The zero-order valence-corrected chi connectivity index (χ0v) is 8.67. The number of aromatic nitrogens is 1. The van der Waals surface area contributed by atoms with Crippen LogP contribution >= 0.6 is 11.8 Å². The average Bonchev–Trinajstić information content (AvgIpc) is 2.20. The van der Waals surface area contributed by atoms with E-state index in [1.807, 2.05) is 6.26 Å². The van der Waals surface area contributed by atoms with Crippen LogP contribution < -0.4 is 4.73 Å². The Morgan fingerprint density at radius 3 is 3.00 bits per heavy atom. The molecule has 0 fully saturated rings. The van der Waals surface area contributed by atoms with Gasteiger partial charge in [0.2, 0.25) is 0 Å². The molecule has 0 aliphatic carbocycles. The van der Waals surface area contributed by atoms with Crippen molar-refractivity contribution in [3.05, 3.63) is 29.2 Å². The third-order valence-corrected chi connectivity index (χ3v) is 2.61. The highest BCUT2D eigenvalue weighted by Gasteiger charge is 2.07. The number of aliphatic hydroxyl groups excluding tert-OH is 1. The average molecular weight is 212 g/mol. The Kier molecular flexibility index (Phi) is 3.91. The first kappa shape index (κ1) is 11.0. The van der Waals surface area contributed by atoms with Crippen molar-refractivity contribution >= 4 is 17.5 Å². The standard InChI is InChI=1S/C9H12N2O2S/c1-14-9-5-11(13)3-2-7(9)4-8(10)6-12/h2-3,5,10,12H,4,6H2,1H3. The summed E-state index contributed by atoms with van der Waals surface area (Å²) < 4.78 is 0.734. The van der Waals surface area contributed by atoms with Gasteiger partial charge >= 0.3 is 0 Å².